The predicted octanol–water partition coefficient (Wildman–Crippen LogP) is 2.70. The Morgan fingerprint density at radius 1 is 1.67 bits per heavy atom. The van der Waals surface area contributed by atoms with E-state index in [1.807, 2.05) is 12.1 Å². The first-order valence-corrected chi connectivity index (χ1v) is 7.14. The number of anilines is 1. The van der Waals surface area contributed by atoms with Crippen LogP contribution in [0.1, 0.15) is 32.6 Å². The van der Waals surface area contributed by atoms with E-state index in [9.17, 15) is 4.79 Å². The lowest BCUT2D eigenvalue weighted by Gasteiger charge is -2.27. The third kappa shape index (κ3) is 2.72. The zero-order valence-electron chi connectivity index (χ0n) is 10.5. The molecule has 4 nitrogen and oxygen atoms in total. The molecule has 5 heteroatoms. The van der Waals surface area contributed by atoms with Gasteiger partial charge in [-0.05, 0) is 53.9 Å². The molecular weight excluding hydrogens is 294 g/mol. The quantitative estimate of drug-likeness (QED) is 0.899. The standard InChI is InChI=1S/C13H18BrN3O/c1-2-6-13(7-4-9-16-13)12(18)17-11-10(14)5-3-8-15-11/h3,5,8,16H,2,4,6-7,9H2,1H3,(H,15,17,18). The second kappa shape index (κ2) is 5.80. The number of nitrogens with one attached hydrogen (secondary N) is 2. The van der Waals surface area contributed by atoms with Gasteiger partial charge >= 0.3 is 0 Å². The molecule has 98 valence electrons. The largest absolute Gasteiger partial charge is 0.308 e. The van der Waals surface area contributed by atoms with Crippen LogP contribution in [0, 0.1) is 0 Å². The maximum atomic E-state index is 12.4. The molecule has 1 aromatic rings. The minimum absolute atomic E-state index is 0.0289. The van der Waals surface area contributed by atoms with E-state index in [1.54, 1.807) is 6.20 Å². The van der Waals surface area contributed by atoms with Gasteiger partial charge in [0.2, 0.25) is 5.91 Å². The van der Waals surface area contributed by atoms with Gasteiger partial charge in [0.25, 0.3) is 0 Å². The van der Waals surface area contributed by atoms with Gasteiger partial charge in [-0.15, -0.1) is 0 Å². The lowest BCUT2D eigenvalue weighted by atomic mass is 9.91. The van der Waals surface area contributed by atoms with E-state index in [-0.39, 0.29) is 5.91 Å². The highest BCUT2D eigenvalue weighted by Gasteiger charge is 2.40. The van der Waals surface area contributed by atoms with Crippen LogP contribution >= 0.6 is 15.9 Å². The van der Waals surface area contributed by atoms with Crippen molar-refractivity contribution in [1.82, 2.24) is 10.3 Å². The van der Waals surface area contributed by atoms with Crippen LogP contribution < -0.4 is 10.6 Å². The molecule has 0 radical (unpaired) electrons. The highest BCUT2D eigenvalue weighted by atomic mass is 79.9. The predicted molar refractivity (Wildman–Crippen MR) is 75.4 cm³/mol. The number of hydrogen-bond donors (Lipinski definition) is 2. The average molecular weight is 312 g/mol. The monoisotopic (exact) mass is 311 g/mol. The molecule has 1 amide bonds. The molecule has 18 heavy (non-hydrogen) atoms. The summed E-state index contributed by atoms with van der Waals surface area (Å²) in [4.78, 5) is 16.6. The van der Waals surface area contributed by atoms with Crippen molar-refractivity contribution in [3.8, 4) is 0 Å². The van der Waals surface area contributed by atoms with Crippen LogP contribution in [0.2, 0.25) is 0 Å². The molecule has 1 fully saturated rings. The fourth-order valence-corrected chi connectivity index (χ4v) is 2.81. The molecule has 0 saturated carbocycles. The molecule has 1 aromatic heterocycles. The normalized spacial score (nSPS) is 23.0. The number of amides is 1. The topological polar surface area (TPSA) is 54.0 Å². The van der Waals surface area contributed by atoms with E-state index in [2.05, 4.69) is 38.5 Å². The number of carbonyl (C=O) groups excluding carboxylic acids is 1. The number of rotatable bonds is 4. The van der Waals surface area contributed by atoms with E-state index < -0.39 is 5.54 Å². The van der Waals surface area contributed by atoms with E-state index >= 15 is 0 Å². The summed E-state index contributed by atoms with van der Waals surface area (Å²) in [6.07, 6.45) is 5.48. The lowest BCUT2D eigenvalue weighted by Crippen LogP contribution is -2.50. The second-order valence-electron chi connectivity index (χ2n) is 4.65. The van der Waals surface area contributed by atoms with Crippen molar-refractivity contribution in [2.45, 2.75) is 38.1 Å². The number of halogens is 1. The molecule has 1 aliphatic heterocycles. The van der Waals surface area contributed by atoms with Crippen LogP contribution in [0.3, 0.4) is 0 Å². The maximum absolute atomic E-state index is 12.4. The van der Waals surface area contributed by atoms with Crippen LogP contribution in [0.15, 0.2) is 22.8 Å². The summed E-state index contributed by atoms with van der Waals surface area (Å²) in [5, 5.41) is 6.27. The lowest BCUT2D eigenvalue weighted by molar-refractivity contribution is -0.122. The van der Waals surface area contributed by atoms with E-state index in [4.69, 9.17) is 0 Å². The molecule has 1 saturated heterocycles. The van der Waals surface area contributed by atoms with Gasteiger partial charge in [0, 0.05) is 6.20 Å². The Bertz CT molecular complexity index is 430. The van der Waals surface area contributed by atoms with Crippen molar-refractivity contribution in [3.63, 3.8) is 0 Å². The number of nitrogens with zero attached hydrogens (tertiary/aromatic N) is 1. The minimum atomic E-state index is -0.411. The number of hydrogen-bond acceptors (Lipinski definition) is 3. The Morgan fingerprint density at radius 3 is 3.11 bits per heavy atom. The Balaban J connectivity index is 2.13. The van der Waals surface area contributed by atoms with Gasteiger partial charge in [0.05, 0.1) is 10.0 Å². The summed E-state index contributed by atoms with van der Waals surface area (Å²) in [5.41, 5.74) is -0.411. The summed E-state index contributed by atoms with van der Waals surface area (Å²) >= 11 is 3.39. The van der Waals surface area contributed by atoms with Crippen LogP contribution in [-0.2, 0) is 4.79 Å². The molecule has 0 spiro atoms. The van der Waals surface area contributed by atoms with Crippen molar-refractivity contribution < 1.29 is 4.79 Å². The van der Waals surface area contributed by atoms with Gasteiger partial charge < -0.3 is 10.6 Å². The molecular formula is C13H18BrN3O. The third-order valence-corrected chi connectivity index (χ3v) is 3.99. The van der Waals surface area contributed by atoms with Crippen LogP contribution in [-0.4, -0.2) is 23.0 Å². The fourth-order valence-electron chi connectivity index (χ4n) is 2.46. The number of carbonyl (C=O) groups is 1. The number of aromatic nitrogens is 1. The third-order valence-electron chi connectivity index (χ3n) is 3.35. The van der Waals surface area contributed by atoms with Gasteiger partial charge in [-0.25, -0.2) is 4.98 Å². The van der Waals surface area contributed by atoms with Gasteiger partial charge in [0.15, 0.2) is 0 Å². The smallest absolute Gasteiger partial charge is 0.245 e. The summed E-state index contributed by atoms with van der Waals surface area (Å²) in [6, 6.07) is 3.70. The van der Waals surface area contributed by atoms with Crippen LogP contribution in [0.25, 0.3) is 0 Å². The highest BCUT2D eigenvalue weighted by Crippen LogP contribution is 2.27. The Labute approximate surface area is 116 Å². The van der Waals surface area contributed by atoms with E-state index in [1.165, 1.54) is 0 Å². The Hall–Kier alpha value is -0.940. The summed E-state index contributed by atoms with van der Waals surface area (Å²) in [7, 11) is 0. The van der Waals surface area contributed by atoms with E-state index in [0.717, 1.165) is 36.7 Å². The van der Waals surface area contributed by atoms with Crippen LogP contribution in [0.4, 0.5) is 5.82 Å². The molecule has 1 aliphatic rings. The van der Waals surface area contributed by atoms with Crippen molar-refractivity contribution in [3.05, 3.63) is 22.8 Å². The van der Waals surface area contributed by atoms with Crippen molar-refractivity contribution in [1.29, 1.82) is 0 Å². The summed E-state index contributed by atoms with van der Waals surface area (Å²) in [6.45, 7) is 3.02. The average Bonchev–Trinajstić information content (AvgIpc) is 2.82. The van der Waals surface area contributed by atoms with Crippen molar-refractivity contribution in [2.24, 2.45) is 0 Å². The molecule has 0 bridgehead atoms. The zero-order chi connectivity index (χ0) is 13.0. The van der Waals surface area contributed by atoms with Gasteiger partial charge in [0.1, 0.15) is 5.82 Å². The molecule has 2 rings (SSSR count). The highest BCUT2D eigenvalue weighted by molar-refractivity contribution is 9.10. The second-order valence-corrected chi connectivity index (χ2v) is 5.50. The maximum Gasteiger partial charge on any atom is 0.245 e. The van der Waals surface area contributed by atoms with Gasteiger partial charge in [-0.1, -0.05) is 13.3 Å². The van der Waals surface area contributed by atoms with E-state index in [0.29, 0.717) is 5.82 Å². The van der Waals surface area contributed by atoms with Gasteiger partial charge in [-0.2, -0.15) is 0 Å². The molecule has 2 N–H and O–H groups in total. The first-order chi connectivity index (χ1) is 8.68. The Morgan fingerprint density at radius 2 is 2.50 bits per heavy atom. The zero-order valence-corrected chi connectivity index (χ0v) is 12.1. The Kier molecular flexibility index (Phi) is 4.35. The van der Waals surface area contributed by atoms with Gasteiger partial charge in [-0.3, -0.25) is 4.79 Å². The SMILES string of the molecule is CCCC1(C(=O)Nc2ncccc2Br)CCCN1. The molecule has 2 heterocycles. The number of pyridine rings is 1. The fraction of sp³-hybridized carbons (Fsp3) is 0.538. The molecule has 0 aliphatic carbocycles. The summed E-state index contributed by atoms with van der Waals surface area (Å²) < 4.78 is 0.808. The summed E-state index contributed by atoms with van der Waals surface area (Å²) in [5.74, 6) is 0.618. The van der Waals surface area contributed by atoms with Crippen molar-refractivity contribution in [2.75, 3.05) is 11.9 Å². The molecule has 1 unspecified atom stereocenters. The first kappa shape index (κ1) is 13.5. The van der Waals surface area contributed by atoms with Crippen molar-refractivity contribution >= 4 is 27.7 Å². The first-order valence-electron chi connectivity index (χ1n) is 6.35. The van der Waals surface area contributed by atoms with Crippen LogP contribution in [0.5, 0.6) is 0 Å². The minimum Gasteiger partial charge on any atom is -0.308 e. The molecule has 0 aromatic carbocycles. The molecule has 1 atom stereocenters.